The van der Waals surface area contributed by atoms with Crippen LogP contribution in [0.5, 0.6) is 0 Å². The van der Waals surface area contributed by atoms with Crippen molar-refractivity contribution in [1.29, 1.82) is 5.26 Å². The Hall–Kier alpha value is -1.90. The van der Waals surface area contributed by atoms with E-state index in [1.165, 1.54) is 17.5 Å². The minimum Gasteiger partial charge on any atom is -0.301 e. The van der Waals surface area contributed by atoms with Crippen LogP contribution in [0.4, 0.5) is 5.13 Å². The van der Waals surface area contributed by atoms with E-state index in [0.717, 1.165) is 5.56 Å². The van der Waals surface area contributed by atoms with Crippen LogP contribution in [0, 0.1) is 11.3 Å². The normalized spacial score (nSPS) is 10.9. The van der Waals surface area contributed by atoms with Crippen molar-refractivity contribution >= 4 is 34.0 Å². The number of hydrogen-bond acceptors (Lipinski definition) is 4. The summed E-state index contributed by atoms with van der Waals surface area (Å²) in [5, 5.41) is 12.1. The Labute approximate surface area is 126 Å². The summed E-state index contributed by atoms with van der Waals surface area (Å²) in [7, 11) is 0. The van der Waals surface area contributed by atoms with Crippen molar-refractivity contribution in [3.05, 3.63) is 45.9 Å². The van der Waals surface area contributed by atoms with Crippen molar-refractivity contribution in [3.8, 4) is 6.07 Å². The highest BCUT2D eigenvalue weighted by molar-refractivity contribution is 7.19. The van der Waals surface area contributed by atoms with Gasteiger partial charge in [0.1, 0.15) is 4.34 Å². The molecule has 0 spiro atoms. The summed E-state index contributed by atoms with van der Waals surface area (Å²) in [6.07, 6.45) is 1.49. The van der Waals surface area contributed by atoms with E-state index in [9.17, 15) is 4.79 Å². The van der Waals surface area contributed by atoms with Crippen LogP contribution in [0.15, 0.2) is 30.5 Å². The van der Waals surface area contributed by atoms with Gasteiger partial charge in [-0.25, -0.2) is 4.98 Å². The number of hydrogen-bond donors (Lipinski definition) is 1. The first-order valence-corrected chi connectivity index (χ1v) is 7.06. The molecular weight excluding hydrogens is 294 g/mol. The van der Waals surface area contributed by atoms with Crippen LogP contribution in [-0.4, -0.2) is 10.9 Å². The van der Waals surface area contributed by atoms with Crippen molar-refractivity contribution in [2.75, 3.05) is 5.32 Å². The van der Waals surface area contributed by atoms with Crippen molar-refractivity contribution < 1.29 is 4.79 Å². The molecular formula is C14H12ClN3OS. The fraction of sp³-hybridized carbons (Fsp3) is 0.214. The first-order chi connectivity index (χ1) is 9.43. The van der Waals surface area contributed by atoms with E-state index in [2.05, 4.69) is 16.4 Å². The predicted octanol–water partition coefficient (Wildman–Crippen LogP) is 3.58. The minimum absolute atomic E-state index is 0.196. The summed E-state index contributed by atoms with van der Waals surface area (Å²) in [6.45, 7) is 3.60. The van der Waals surface area contributed by atoms with Gasteiger partial charge in [-0.05, 0) is 31.5 Å². The molecule has 2 aromatic rings. The van der Waals surface area contributed by atoms with Crippen LogP contribution >= 0.6 is 22.9 Å². The maximum Gasteiger partial charge on any atom is 0.236 e. The third-order valence-corrected chi connectivity index (χ3v) is 4.01. The Morgan fingerprint density at radius 3 is 2.85 bits per heavy atom. The van der Waals surface area contributed by atoms with Crippen molar-refractivity contribution in [3.63, 3.8) is 0 Å². The molecule has 4 nitrogen and oxygen atoms in total. The zero-order chi connectivity index (χ0) is 14.8. The maximum atomic E-state index is 12.4. The Morgan fingerprint density at radius 2 is 2.25 bits per heavy atom. The Kier molecular flexibility index (Phi) is 4.07. The van der Waals surface area contributed by atoms with Gasteiger partial charge in [-0.1, -0.05) is 35.1 Å². The maximum absolute atomic E-state index is 12.4. The molecule has 20 heavy (non-hydrogen) atoms. The molecule has 0 aliphatic heterocycles. The molecule has 102 valence electrons. The molecule has 0 aliphatic rings. The minimum atomic E-state index is -0.773. The fourth-order valence-electron chi connectivity index (χ4n) is 1.67. The summed E-state index contributed by atoms with van der Waals surface area (Å²) in [6, 6.07) is 9.09. The van der Waals surface area contributed by atoms with E-state index in [4.69, 9.17) is 16.9 Å². The van der Waals surface area contributed by atoms with Crippen molar-refractivity contribution in [1.82, 2.24) is 4.98 Å². The molecule has 6 heteroatoms. The number of anilines is 1. The van der Waals surface area contributed by atoms with E-state index < -0.39 is 5.41 Å². The van der Waals surface area contributed by atoms with Crippen LogP contribution in [-0.2, 0) is 10.2 Å². The molecule has 0 aliphatic carbocycles. The summed E-state index contributed by atoms with van der Waals surface area (Å²) in [5.74, 6) is -0.196. The second-order valence-electron chi connectivity index (χ2n) is 4.74. The van der Waals surface area contributed by atoms with Gasteiger partial charge in [0.25, 0.3) is 0 Å². The topological polar surface area (TPSA) is 65.8 Å². The smallest absolute Gasteiger partial charge is 0.236 e. The second kappa shape index (κ2) is 5.61. The lowest BCUT2D eigenvalue weighted by molar-refractivity contribution is -0.120. The number of carbonyl (C=O) groups is 1. The molecule has 0 atom stereocenters. The summed E-state index contributed by atoms with van der Waals surface area (Å²) in [4.78, 5) is 16.4. The van der Waals surface area contributed by atoms with Crippen molar-refractivity contribution in [2.24, 2.45) is 0 Å². The number of halogens is 1. The zero-order valence-corrected chi connectivity index (χ0v) is 12.5. The number of carbonyl (C=O) groups excluding carboxylic acids is 1. The average Bonchev–Trinajstić information content (AvgIpc) is 2.84. The number of benzene rings is 1. The molecule has 2 rings (SSSR count). The van der Waals surface area contributed by atoms with E-state index in [0.29, 0.717) is 15.0 Å². The third kappa shape index (κ3) is 2.98. The molecule has 1 aromatic heterocycles. The lowest BCUT2D eigenvalue weighted by atomic mass is 9.83. The van der Waals surface area contributed by atoms with E-state index in [1.54, 1.807) is 32.0 Å². The van der Waals surface area contributed by atoms with Crippen LogP contribution in [0.1, 0.15) is 25.0 Å². The lowest BCUT2D eigenvalue weighted by Gasteiger charge is -2.23. The average molecular weight is 306 g/mol. The summed E-state index contributed by atoms with van der Waals surface area (Å²) < 4.78 is 0.518. The van der Waals surface area contributed by atoms with Gasteiger partial charge in [-0.3, -0.25) is 4.79 Å². The highest BCUT2D eigenvalue weighted by atomic mass is 35.5. The summed E-state index contributed by atoms with van der Waals surface area (Å²) in [5.41, 5.74) is 0.530. The molecule has 0 bridgehead atoms. The first kappa shape index (κ1) is 14.5. The van der Waals surface area contributed by atoms with Gasteiger partial charge >= 0.3 is 0 Å². The third-order valence-electron chi connectivity index (χ3n) is 2.98. The first-order valence-electron chi connectivity index (χ1n) is 5.87. The number of thiazole rings is 1. The highest BCUT2D eigenvalue weighted by Gasteiger charge is 2.30. The number of nitrogens with one attached hydrogen (secondary N) is 1. The number of aromatic nitrogens is 1. The lowest BCUT2D eigenvalue weighted by Crippen LogP contribution is -2.34. The SMILES string of the molecule is CC(C)(C(=O)Nc1ncc(Cl)s1)c1cccc(C#N)c1. The molecule has 0 unspecified atom stereocenters. The van der Waals surface area contributed by atoms with E-state index >= 15 is 0 Å². The standard InChI is InChI=1S/C14H12ClN3OS/c1-14(2,10-5-3-4-9(6-10)7-16)12(19)18-13-17-8-11(15)20-13/h3-6,8H,1-2H3,(H,17,18,19). The monoisotopic (exact) mass is 305 g/mol. The van der Waals surface area contributed by atoms with Crippen LogP contribution < -0.4 is 5.32 Å². The Morgan fingerprint density at radius 1 is 1.50 bits per heavy atom. The predicted molar refractivity (Wildman–Crippen MR) is 79.9 cm³/mol. The van der Waals surface area contributed by atoms with Gasteiger partial charge in [0.05, 0.1) is 23.2 Å². The molecule has 1 amide bonds. The molecule has 0 saturated heterocycles. The van der Waals surface area contributed by atoms with Crippen LogP contribution in [0.2, 0.25) is 4.34 Å². The van der Waals surface area contributed by atoms with Gasteiger partial charge < -0.3 is 5.32 Å². The molecule has 1 N–H and O–H groups in total. The molecule has 0 fully saturated rings. The Bertz CT molecular complexity index is 688. The molecule has 1 aromatic carbocycles. The summed E-state index contributed by atoms with van der Waals surface area (Å²) >= 11 is 6.99. The fourth-order valence-corrected chi connectivity index (χ4v) is 2.48. The number of nitrogens with zero attached hydrogens (tertiary/aromatic N) is 2. The molecule has 0 radical (unpaired) electrons. The van der Waals surface area contributed by atoms with E-state index in [-0.39, 0.29) is 5.91 Å². The zero-order valence-electron chi connectivity index (χ0n) is 11.0. The van der Waals surface area contributed by atoms with Crippen molar-refractivity contribution in [2.45, 2.75) is 19.3 Å². The quantitative estimate of drug-likeness (QED) is 0.942. The number of amides is 1. The number of rotatable bonds is 3. The number of nitriles is 1. The van der Waals surface area contributed by atoms with E-state index in [1.807, 2.05) is 6.07 Å². The van der Waals surface area contributed by atoms with Gasteiger partial charge in [0.15, 0.2) is 5.13 Å². The molecule has 1 heterocycles. The van der Waals surface area contributed by atoms with Gasteiger partial charge in [0.2, 0.25) is 5.91 Å². The largest absolute Gasteiger partial charge is 0.301 e. The van der Waals surface area contributed by atoms with Crippen LogP contribution in [0.25, 0.3) is 0 Å². The van der Waals surface area contributed by atoms with Gasteiger partial charge in [-0.15, -0.1) is 0 Å². The second-order valence-corrected chi connectivity index (χ2v) is 6.40. The van der Waals surface area contributed by atoms with Crippen LogP contribution in [0.3, 0.4) is 0 Å². The highest BCUT2D eigenvalue weighted by Crippen LogP contribution is 2.28. The Balaban J connectivity index is 2.24. The van der Waals surface area contributed by atoms with Gasteiger partial charge in [0, 0.05) is 0 Å². The van der Waals surface area contributed by atoms with Gasteiger partial charge in [-0.2, -0.15) is 5.26 Å². The molecule has 0 saturated carbocycles.